The molecule has 3 aromatic heterocycles. The number of aromatic nitrogens is 1. The van der Waals surface area contributed by atoms with Gasteiger partial charge in [-0.15, -0.1) is 11.3 Å². The maximum Gasteiger partial charge on any atom is 0.159 e. The molecule has 268 valence electrons. The van der Waals surface area contributed by atoms with Gasteiger partial charge in [0.15, 0.2) is 5.84 Å². The first-order valence-corrected chi connectivity index (χ1v) is 20.0. The standard InChI is InChI=1S/C51H32N4OS/c1-3-13-31(14-4-1)49-52-50(32-15-5-2-6-16-32)54-51(53-49)33-25-27-44-41(29-33)47-37(19-12-24-45(47)56-44)38-20-11-21-39-40-30-34(26-28-46(40)57-48(38)39)55-42-22-9-7-17-35(42)36-18-8-10-23-43(36)55/h1-30,49H,(H,52,53,54). The molecule has 1 aliphatic heterocycles. The molecular weight excluding hydrogens is 717 g/mol. The first kappa shape index (κ1) is 32.0. The topological polar surface area (TPSA) is 54.8 Å². The lowest BCUT2D eigenvalue weighted by molar-refractivity contribution is 0.669. The predicted molar refractivity (Wildman–Crippen MR) is 238 cm³/mol. The van der Waals surface area contributed by atoms with Crippen molar-refractivity contribution in [2.75, 3.05) is 0 Å². The van der Waals surface area contributed by atoms with E-state index in [1.54, 1.807) is 0 Å². The number of rotatable bonds is 5. The molecule has 8 aromatic carbocycles. The molecule has 0 saturated heterocycles. The SMILES string of the molecule is c1ccc(C2=NC(c3ccc4oc5cccc(-c6cccc7c6sc6ccc(-n8c9ccccc9c9ccccc98)cc67)c5c4c3)=NC(c3ccccc3)N2)cc1. The van der Waals surface area contributed by atoms with Crippen molar-refractivity contribution in [3.63, 3.8) is 0 Å². The Morgan fingerprint density at radius 2 is 1.23 bits per heavy atom. The summed E-state index contributed by atoms with van der Waals surface area (Å²) >= 11 is 1.85. The molecule has 6 heteroatoms. The Hall–Kier alpha value is -7.28. The predicted octanol–water partition coefficient (Wildman–Crippen LogP) is 13.2. The zero-order chi connectivity index (χ0) is 37.5. The van der Waals surface area contributed by atoms with Crippen LogP contribution in [0.2, 0.25) is 0 Å². The number of fused-ring (bicyclic) bond motifs is 9. The Morgan fingerprint density at radius 3 is 2.04 bits per heavy atom. The molecule has 1 unspecified atom stereocenters. The molecule has 0 fully saturated rings. The minimum absolute atomic E-state index is 0.276. The van der Waals surface area contributed by atoms with Crippen LogP contribution in [-0.2, 0) is 0 Å². The third-order valence-corrected chi connectivity index (χ3v) is 12.5. The number of amidine groups is 2. The van der Waals surface area contributed by atoms with E-state index in [2.05, 4.69) is 155 Å². The molecule has 11 aromatic rings. The molecule has 0 spiro atoms. The van der Waals surface area contributed by atoms with Crippen LogP contribution in [0, 0.1) is 0 Å². The lowest BCUT2D eigenvalue weighted by Crippen LogP contribution is -2.33. The molecule has 0 radical (unpaired) electrons. The first-order valence-electron chi connectivity index (χ1n) is 19.2. The largest absolute Gasteiger partial charge is 0.456 e. The second kappa shape index (κ2) is 12.6. The van der Waals surface area contributed by atoms with Crippen molar-refractivity contribution in [2.45, 2.75) is 6.17 Å². The molecule has 4 heterocycles. The molecule has 57 heavy (non-hydrogen) atoms. The van der Waals surface area contributed by atoms with E-state index in [1.807, 2.05) is 47.7 Å². The lowest BCUT2D eigenvalue weighted by atomic mass is 9.97. The van der Waals surface area contributed by atoms with Crippen LogP contribution >= 0.6 is 11.3 Å². The summed E-state index contributed by atoms with van der Waals surface area (Å²) in [6, 6.07) is 64.3. The van der Waals surface area contributed by atoms with Gasteiger partial charge in [-0.25, -0.2) is 9.98 Å². The second-order valence-electron chi connectivity index (χ2n) is 14.6. The van der Waals surface area contributed by atoms with Gasteiger partial charge in [0.05, 0.1) is 11.0 Å². The third kappa shape index (κ3) is 5.08. The average molecular weight is 749 g/mol. The Labute approximate surface area is 331 Å². The van der Waals surface area contributed by atoms with Gasteiger partial charge in [0.2, 0.25) is 0 Å². The third-order valence-electron chi connectivity index (χ3n) is 11.3. The number of furan rings is 1. The smallest absolute Gasteiger partial charge is 0.159 e. The number of nitrogens with one attached hydrogen (secondary N) is 1. The second-order valence-corrected chi connectivity index (χ2v) is 15.6. The zero-order valence-corrected chi connectivity index (χ0v) is 31.4. The van der Waals surface area contributed by atoms with Crippen molar-refractivity contribution >= 4 is 86.9 Å². The Balaban J connectivity index is 1.02. The molecule has 0 bridgehead atoms. The number of para-hydroxylation sites is 2. The van der Waals surface area contributed by atoms with Crippen LogP contribution in [0.4, 0.5) is 0 Å². The maximum atomic E-state index is 6.55. The summed E-state index contributed by atoms with van der Waals surface area (Å²) in [5.41, 5.74) is 10.6. The van der Waals surface area contributed by atoms with E-state index in [9.17, 15) is 0 Å². The Morgan fingerprint density at radius 1 is 0.526 bits per heavy atom. The average Bonchev–Trinajstić information content (AvgIpc) is 3.96. The van der Waals surface area contributed by atoms with Gasteiger partial charge in [0.25, 0.3) is 0 Å². The summed E-state index contributed by atoms with van der Waals surface area (Å²) in [4.78, 5) is 10.3. The van der Waals surface area contributed by atoms with Crippen LogP contribution in [0.15, 0.2) is 196 Å². The van der Waals surface area contributed by atoms with E-state index in [4.69, 9.17) is 14.4 Å². The zero-order valence-electron chi connectivity index (χ0n) is 30.6. The highest BCUT2D eigenvalue weighted by Crippen LogP contribution is 2.45. The van der Waals surface area contributed by atoms with Crippen LogP contribution in [-0.4, -0.2) is 16.2 Å². The van der Waals surface area contributed by atoms with Crippen LogP contribution in [0.1, 0.15) is 22.9 Å². The van der Waals surface area contributed by atoms with Crippen LogP contribution in [0.25, 0.3) is 80.7 Å². The van der Waals surface area contributed by atoms with Crippen molar-refractivity contribution in [1.82, 2.24) is 9.88 Å². The van der Waals surface area contributed by atoms with E-state index < -0.39 is 0 Å². The summed E-state index contributed by atoms with van der Waals surface area (Å²) in [6.45, 7) is 0. The van der Waals surface area contributed by atoms with Crippen molar-refractivity contribution in [3.05, 3.63) is 199 Å². The van der Waals surface area contributed by atoms with Gasteiger partial charge in [-0.1, -0.05) is 127 Å². The fourth-order valence-electron chi connectivity index (χ4n) is 8.66. The van der Waals surface area contributed by atoms with E-state index in [1.165, 1.54) is 47.5 Å². The van der Waals surface area contributed by atoms with Gasteiger partial charge in [-0.3, -0.25) is 0 Å². The molecule has 0 aliphatic carbocycles. The summed E-state index contributed by atoms with van der Waals surface area (Å²) in [5, 5.41) is 10.7. The van der Waals surface area contributed by atoms with Crippen molar-refractivity contribution in [3.8, 4) is 16.8 Å². The lowest BCUT2D eigenvalue weighted by Gasteiger charge is -2.23. The van der Waals surface area contributed by atoms with Gasteiger partial charge in [0, 0.05) is 64.1 Å². The maximum absolute atomic E-state index is 6.55. The number of hydrogen-bond acceptors (Lipinski definition) is 5. The number of aliphatic imine (C=N–C) groups is 2. The van der Waals surface area contributed by atoms with E-state index in [0.29, 0.717) is 5.84 Å². The monoisotopic (exact) mass is 748 g/mol. The number of benzene rings is 8. The molecule has 12 rings (SSSR count). The van der Waals surface area contributed by atoms with Gasteiger partial charge in [-0.05, 0) is 65.7 Å². The molecule has 5 nitrogen and oxygen atoms in total. The summed E-state index contributed by atoms with van der Waals surface area (Å²) in [5.74, 6) is 1.48. The van der Waals surface area contributed by atoms with Crippen LogP contribution < -0.4 is 5.32 Å². The van der Waals surface area contributed by atoms with Crippen LogP contribution in [0.5, 0.6) is 0 Å². The number of thiophene rings is 1. The fraction of sp³-hybridized carbons (Fsp3) is 0.0196. The van der Waals surface area contributed by atoms with E-state index in [0.717, 1.165) is 55.7 Å². The van der Waals surface area contributed by atoms with Gasteiger partial charge in [0.1, 0.15) is 23.2 Å². The summed E-state index contributed by atoms with van der Waals surface area (Å²) < 4.78 is 11.5. The van der Waals surface area contributed by atoms with Gasteiger partial charge in [-0.2, -0.15) is 0 Å². The molecular formula is C51H32N4OS. The summed E-state index contributed by atoms with van der Waals surface area (Å²) in [7, 11) is 0. The molecule has 1 aliphatic rings. The highest BCUT2D eigenvalue weighted by molar-refractivity contribution is 7.26. The normalized spacial score (nSPS) is 14.5. The molecule has 0 amide bonds. The van der Waals surface area contributed by atoms with Crippen molar-refractivity contribution in [2.24, 2.45) is 9.98 Å². The summed E-state index contributed by atoms with van der Waals surface area (Å²) in [6.07, 6.45) is -0.276. The van der Waals surface area contributed by atoms with E-state index in [-0.39, 0.29) is 6.17 Å². The quantitative estimate of drug-likeness (QED) is 0.191. The fourth-order valence-corrected chi connectivity index (χ4v) is 9.87. The Kier molecular flexibility index (Phi) is 7.09. The van der Waals surface area contributed by atoms with Crippen molar-refractivity contribution < 1.29 is 4.42 Å². The molecule has 1 atom stereocenters. The minimum atomic E-state index is -0.276. The number of nitrogens with zero attached hydrogens (tertiary/aromatic N) is 3. The highest BCUT2D eigenvalue weighted by Gasteiger charge is 2.23. The first-order chi connectivity index (χ1) is 28.2. The van der Waals surface area contributed by atoms with Crippen LogP contribution in [0.3, 0.4) is 0 Å². The molecule has 1 N–H and O–H groups in total. The van der Waals surface area contributed by atoms with E-state index >= 15 is 0 Å². The molecule has 0 saturated carbocycles. The highest BCUT2D eigenvalue weighted by atomic mass is 32.1. The van der Waals surface area contributed by atoms with Gasteiger partial charge < -0.3 is 14.3 Å². The van der Waals surface area contributed by atoms with Crippen molar-refractivity contribution in [1.29, 1.82) is 0 Å². The minimum Gasteiger partial charge on any atom is -0.456 e. The number of hydrogen-bond donors (Lipinski definition) is 1. The Bertz CT molecular complexity index is 3390. The van der Waals surface area contributed by atoms with Gasteiger partial charge >= 0.3 is 0 Å².